The van der Waals surface area contributed by atoms with Gasteiger partial charge < -0.3 is 9.47 Å². The number of hydrogen-bond acceptors (Lipinski definition) is 5. The quantitative estimate of drug-likeness (QED) is 0.517. The molecule has 0 atom stereocenters. The molecule has 142 valence electrons. The van der Waals surface area contributed by atoms with E-state index in [2.05, 4.69) is 9.97 Å². The van der Waals surface area contributed by atoms with Crippen molar-refractivity contribution >= 4 is 11.2 Å². The van der Waals surface area contributed by atoms with Crippen molar-refractivity contribution in [3.8, 4) is 11.9 Å². The molecule has 2 aromatic carbocycles. The molecule has 0 bridgehead atoms. The molecule has 0 unspecified atom stereocenters. The molecule has 0 N–H and O–H groups in total. The summed E-state index contributed by atoms with van der Waals surface area (Å²) in [5.41, 5.74) is 2.85. The van der Waals surface area contributed by atoms with Crippen molar-refractivity contribution in [3.05, 3.63) is 82.3 Å². The Morgan fingerprint density at radius 1 is 0.786 bits per heavy atom. The van der Waals surface area contributed by atoms with Gasteiger partial charge in [0, 0.05) is 0 Å². The number of fused-ring (bicyclic) bond motifs is 1. The Balaban J connectivity index is 1.94. The molecule has 0 aliphatic heterocycles. The van der Waals surface area contributed by atoms with E-state index in [1.54, 1.807) is 9.13 Å². The number of rotatable bonds is 6. The van der Waals surface area contributed by atoms with E-state index in [0.717, 1.165) is 11.1 Å². The highest BCUT2D eigenvalue weighted by Gasteiger charge is 2.21. The first-order chi connectivity index (χ1) is 13.7. The van der Waals surface area contributed by atoms with Gasteiger partial charge in [-0.25, -0.2) is 4.79 Å². The van der Waals surface area contributed by atoms with Gasteiger partial charge in [-0.05, 0) is 11.1 Å². The largest absolute Gasteiger partial charge is 0.479 e. The van der Waals surface area contributed by atoms with Crippen molar-refractivity contribution in [1.29, 1.82) is 0 Å². The average Bonchev–Trinajstić information content (AvgIpc) is 3.00. The summed E-state index contributed by atoms with van der Waals surface area (Å²) >= 11 is 0. The van der Waals surface area contributed by atoms with Crippen molar-refractivity contribution in [1.82, 2.24) is 19.1 Å². The molecule has 0 radical (unpaired) electrons. The number of benzene rings is 2. The van der Waals surface area contributed by atoms with Gasteiger partial charge in [-0.15, -0.1) is 0 Å². The zero-order chi connectivity index (χ0) is 19.5. The fourth-order valence-electron chi connectivity index (χ4n) is 3.22. The van der Waals surface area contributed by atoms with Gasteiger partial charge in [0.25, 0.3) is 0 Å². The molecule has 7 heteroatoms. The predicted molar refractivity (Wildman–Crippen MR) is 106 cm³/mol. The van der Waals surface area contributed by atoms with Crippen LogP contribution in [0.25, 0.3) is 11.2 Å². The molecule has 4 aromatic rings. The molecule has 0 saturated carbocycles. The monoisotopic (exact) mass is 376 g/mol. The maximum atomic E-state index is 13.3. The van der Waals surface area contributed by atoms with Gasteiger partial charge in [0.05, 0.1) is 27.3 Å². The molecule has 28 heavy (non-hydrogen) atoms. The lowest BCUT2D eigenvalue weighted by molar-refractivity contribution is 0.355. The van der Waals surface area contributed by atoms with Crippen LogP contribution in [0, 0.1) is 0 Å². The molecule has 0 spiro atoms. The lowest BCUT2D eigenvalue weighted by Gasteiger charge is -2.07. The summed E-state index contributed by atoms with van der Waals surface area (Å²) in [6.45, 7) is 0.783. The van der Waals surface area contributed by atoms with Crippen LogP contribution in [0.5, 0.6) is 11.9 Å². The highest BCUT2D eigenvalue weighted by atomic mass is 16.5. The van der Waals surface area contributed by atoms with Crippen molar-refractivity contribution in [2.24, 2.45) is 0 Å². The number of aromatic nitrogens is 4. The second-order valence-electron chi connectivity index (χ2n) is 6.32. The van der Waals surface area contributed by atoms with E-state index in [0.29, 0.717) is 30.1 Å². The molecule has 2 aromatic heterocycles. The number of imidazole rings is 1. The van der Waals surface area contributed by atoms with Crippen molar-refractivity contribution < 1.29 is 9.47 Å². The second-order valence-corrected chi connectivity index (χ2v) is 6.32. The van der Waals surface area contributed by atoms with Gasteiger partial charge >= 0.3 is 11.7 Å². The maximum Gasteiger partial charge on any atom is 0.331 e. The molecule has 2 heterocycles. The highest BCUT2D eigenvalue weighted by molar-refractivity contribution is 5.78. The molecule has 7 nitrogen and oxygen atoms in total. The van der Waals surface area contributed by atoms with Gasteiger partial charge in [-0.1, -0.05) is 60.7 Å². The summed E-state index contributed by atoms with van der Waals surface area (Å²) in [4.78, 5) is 22.1. The van der Waals surface area contributed by atoms with Gasteiger partial charge in [0.15, 0.2) is 11.2 Å². The number of nitrogens with zero attached hydrogens (tertiary/aromatic N) is 4. The predicted octanol–water partition coefficient (Wildman–Crippen LogP) is 2.71. The van der Waals surface area contributed by atoms with Crippen LogP contribution in [0.2, 0.25) is 0 Å². The fraction of sp³-hybridized carbons (Fsp3) is 0.190. The van der Waals surface area contributed by atoms with Crippen molar-refractivity contribution in [3.63, 3.8) is 0 Å². The second kappa shape index (κ2) is 7.56. The smallest absolute Gasteiger partial charge is 0.331 e. The first-order valence-electron chi connectivity index (χ1n) is 8.88. The average molecular weight is 376 g/mol. The van der Waals surface area contributed by atoms with E-state index in [1.165, 1.54) is 14.2 Å². The Labute approximate surface area is 161 Å². The van der Waals surface area contributed by atoms with Gasteiger partial charge in [-0.3, -0.25) is 9.13 Å². The van der Waals surface area contributed by atoms with Crippen LogP contribution in [0.1, 0.15) is 11.1 Å². The lowest BCUT2D eigenvalue weighted by atomic mass is 10.2. The Morgan fingerprint density at radius 3 is 1.89 bits per heavy atom. The van der Waals surface area contributed by atoms with Crippen LogP contribution < -0.4 is 15.2 Å². The summed E-state index contributed by atoms with van der Waals surface area (Å²) in [7, 11) is 3.01. The van der Waals surface area contributed by atoms with Gasteiger partial charge in [0.1, 0.15) is 0 Å². The maximum absolute atomic E-state index is 13.3. The molecule has 0 fully saturated rings. The molecular formula is C21H20N4O3. The van der Waals surface area contributed by atoms with Gasteiger partial charge in [-0.2, -0.15) is 9.97 Å². The third-order valence-corrected chi connectivity index (χ3v) is 4.54. The first kappa shape index (κ1) is 17.8. The van der Waals surface area contributed by atoms with Crippen molar-refractivity contribution in [2.75, 3.05) is 14.2 Å². The first-order valence-corrected chi connectivity index (χ1v) is 8.88. The minimum Gasteiger partial charge on any atom is -0.479 e. The number of ether oxygens (including phenoxy) is 2. The van der Waals surface area contributed by atoms with Crippen LogP contribution in [0.4, 0.5) is 0 Å². The molecule has 0 saturated heterocycles. The van der Waals surface area contributed by atoms with Crippen molar-refractivity contribution in [2.45, 2.75) is 13.1 Å². The Bertz CT molecular complexity index is 1150. The molecule has 0 aliphatic rings. The van der Waals surface area contributed by atoms with Crippen LogP contribution in [-0.4, -0.2) is 33.3 Å². The Kier molecular flexibility index (Phi) is 4.80. The summed E-state index contributed by atoms with van der Waals surface area (Å²) in [5, 5.41) is 0. The van der Waals surface area contributed by atoms with E-state index < -0.39 is 0 Å². The zero-order valence-corrected chi connectivity index (χ0v) is 15.7. The zero-order valence-electron chi connectivity index (χ0n) is 15.7. The van der Waals surface area contributed by atoms with Crippen LogP contribution >= 0.6 is 0 Å². The Morgan fingerprint density at radius 2 is 1.36 bits per heavy atom. The molecular weight excluding hydrogens is 356 g/mol. The normalized spacial score (nSPS) is 10.9. The SMILES string of the molecule is COc1nc(OC)c2c(n1)n(Cc1ccccc1)c(=O)n2Cc1ccccc1. The van der Waals surface area contributed by atoms with E-state index >= 15 is 0 Å². The molecule has 0 aliphatic carbocycles. The number of hydrogen-bond donors (Lipinski definition) is 0. The summed E-state index contributed by atoms with van der Waals surface area (Å²) in [6, 6.07) is 19.7. The summed E-state index contributed by atoms with van der Waals surface area (Å²) in [6.07, 6.45) is 0. The van der Waals surface area contributed by atoms with E-state index in [-0.39, 0.29) is 11.7 Å². The van der Waals surface area contributed by atoms with Gasteiger partial charge in [0.2, 0.25) is 5.88 Å². The summed E-state index contributed by atoms with van der Waals surface area (Å²) in [5.74, 6) is 0.307. The fourth-order valence-corrected chi connectivity index (χ4v) is 3.22. The van der Waals surface area contributed by atoms with E-state index in [4.69, 9.17) is 9.47 Å². The van der Waals surface area contributed by atoms with Crippen LogP contribution in [0.3, 0.4) is 0 Å². The minimum absolute atomic E-state index is 0.156. The highest BCUT2D eigenvalue weighted by Crippen LogP contribution is 2.25. The standard InChI is InChI=1S/C21H20N4O3/c1-27-19-17-18(22-20(23-19)28-2)25(14-16-11-7-4-8-12-16)21(26)24(17)13-15-9-5-3-6-10-15/h3-12H,13-14H2,1-2H3. The summed E-state index contributed by atoms with van der Waals surface area (Å²) < 4.78 is 13.9. The van der Waals surface area contributed by atoms with Crippen LogP contribution in [-0.2, 0) is 13.1 Å². The third kappa shape index (κ3) is 3.22. The van der Waals surface area contributed by atoms with E-state index in [9.17, 15) is 4.79 Å². The molecule has 0 amide bonds. The molecule has 4 rings (SSSR count). The van der Waals surface area contributed by atoms with E-state index in [1.807, 2.05) is 60.7 Å². The Hall–Kier alpha value is -3.61. The minimum atomic E-state index is -0.177. The third-order valence-electron chi connectivity index (χ3n) is 4.54. The topological polar surface area (TPSA) is 71.2 Å². The lowest BCUT2D eigenvalue weighted by Crippen LogP contribution is -2.25. The van der Waals surface area contributed by atoms with Crippen LogP contribution in [0.15, 0.2) is 65.5 Å². The number of methoxy groups -OCH3 is 2.